The van der Waals surface area contributed by atoms with Crippen molar-refractivity contribution in [1.29, 1.82) is 0 Å². The Labute approximate surface area is 84.0 Å². The molecule has 1 nitrogen and oxygen atoms in total. The molecule has 1 rings (SSSR count). The van der Waals surface area contributed by atoms with Crippen LogP contribution in [0.5, 0.6) is 0 Å². The molecule has 1 aliphatic heterocycles. The molecule has 0 spiro atoms. The summed E-state index contributed by atoms with van der Waals surface area (Å²) in [6.45, 7) is 8.27. The van der Waals surface area contributed by atoms with Gasteiger partial charge in [0.15, 0.2) is 0 Å². The fourth-order valence-corrected chi connectivity index (χ4v) is 3.31. The molecule has 0 amide bonds. The van der Waals surface area contributed by atoms with Crippen LogP contribution < -0.4 is 0 Å². The Morgan fingerprint density at radius 2 is 2.18 bits per heavy atom. The number of hydrogen-bond acceptors (Lipinski definition) is 1. The maximum atomic E-state index is 2.49. The third kappa shape index (κ3) is 2.58. The van der Waals surface area contributed by atoms with Gasteiger partial charge in [0.25, 0.3) is 0 Å². The van der Waals surface area contributed by atoms with Crippen molar-refractivity contribution < 1.29 is 0 Å². The first-order valence-electron chi connectivity index (χ1n) is 4.47. The molecule has 0 aliphatic carbocycles. The van der Waals surface area contributed by atoms with Gasteiger partial charge in [0.05, 0.1) is 0 Å². The lowest BCUT2D eigenvalue weighted by atomic mass is 9.82. The van der Waals surface area contributed by atoms with E-state index in [-0.39, 0.29) is 0 Å². The highest BCUT2D eigenvalue weighted by Crippen LogP contribution is 2.34. The number of rotatable bonds is 1. The molecule has 0 bridgehead atoms. The van der Waals surface area contributed by atoms with Crippen molar-refractivity contribution in [3.63, 3.8) is 0 Å². The van der Waals surface area contributed by atoms with Crippen LogP contribution in [0.1, 0.15) is 40.0 Å². The van der Waals surface area contributed by atoms with Gasteiger partial charge in [-0.2, -0.15) is 0 Å². The quantitative estimate of drug-likeness (QED) is 0.520. The molecule has 0 aromatic rings. The lowest BCUT2D eigenvalue weighted by Crippen LogP contribution is -2.40. The summed E-state index contributed by atoms with van der Waals surface area (Å²) in [6.07, 6.45) is 4.08. The van der Waals surface area contributed by atoms with Crippen molar-refractivity contribution in [2.75, 3.05) is 6.54 Å². The molecule has 0 N–H and O–H groups in total. The van der Waals surface area contributed by atoms with Crippen LogP contribution in [-0.2, 0) is 0 Å². The van der Waals surface area contributed by atoms with Gasteiger partial charge in [0, 0.05) is 35.5 Å². The van der Waals surface area contributed by atoms with Crippen LogP contribution in [0, 0.1) is 5.41 Å². The molecule has 0 radical (unpaired) electrons. The average Bonchev–Trinajstić information content (AvgIpc) is 1.86. The van der Waals surface area contributed by atoms with Gasteiger partial charge >= 0.3 is 0 Å². The molecular weight excluding hydrogens is 249 g/mol. The second-order valence-electron chi connectivity index (χ2n) is 4.32. The van der Waals surface area contributed by atoms with Crippen molar-refractivity contribution in [1.82, 2.24) is 3.11 Å². The molecule has 1 atom stereocenters. The monoisotopic (exact) mass is 267 g/mol. The summed E-state index contributed by atoms with van der Waals surface area (Å²) in [5, 5.41) is 0. The third-order valence-electron chi connectivity index (χ3n) is 2.60. The van der Waals surface area contributed by atoms with Gasteiger partial charge in [-0.05, 0) is 24.7 Å². The summed E-state index contributed by atoms with van der Waals surface area (Å²) >= 11 is 2.48. The largest absolute Gasteiger partial charge is 0.244 e. The van der Waals surface area contributed by atoms with E-state index in [1.54, 1.807) is 0 Å². The van der Waals surface area contributed by atoms with Crippen LogP contribution in [0.2, 0.25) is 0 Å². The summed E-state index contributed by atoms with van der Waals surface area (Å²) in [5.41, 5.74) is 0.548. The minimum Gasteiger partial charge on any atom is -0.244 e. The fourth-order valence-electron chi connectivity index (χ4n) is 1.72. The van der Waals surface area contributed by atoms with Crippen LogP contribution in [0.15, 0.2) is 0 Å². The third-order valence-corrected chi connectivity index (χ3v) is 3.73. The van der Waals surface area contributed by atoms with Crippen molar-refractivity contribution in [3.8, 4) is 0 Å². The molecule has 1 aliphatic rings. The SMILES string of the molecule is CCC1CCC(C)(C)CN1I. The Kier molecular flexibility index (Phi) is 3.20. The lowest BCUT2D eigenvalue weighted by molar-refractivity contribution is 0.157. The molecule has 1 unspecified atom stereocenters. The van der Waals surface area contributed by atoms with E-state index < -0.39 is 0 Å². The van der Waals surface area contributed by atoms with Gasteiger partial charge in [0.1, 0.15) is 0 Å². The molecule has 0 aromatic carbocycles. The molecule has 11 heavy (non-hydrogen) atoms. The average molecular weight is 267 g/mol. The number of nitrogens with zero attached hydrogens (tertiary/aromatic N) is 1. The van der Waals surface area contributed by atoms with Crippen LogP contribution >= 0.6 is 22.9 Å². The molecule has 1 saturated heterocycles. The summed E-state index contributed by atoms with van der Waals surface area (Å²) in [6, 6.07) is 0.837. The molecule has 1 heterocycles. The number of hydrogen-bond donors (Lipinski definition) is 0. The second kappa shape index (κ2) is 3.60. The standard InChI is InChI=1S/C9H18IN/c1-4-8-5-6-9(2,3)7-11(8)10/h8H,4-7H2,1-3H3. The first-order chi connectivity index (χ1) is 5.05. The normalized spacial score (nSPS) is 32.2. The second-order valence-corrected chi connectivity index (χ2v) is 5.56. The molecule has 0 saturated carbocycles. The highest BCUT2D eigenvalue weighted by molar-refractivity contribution is 14.1. The topological polar surface area (TPSA) is 3.24 Å². The van der Waals surface area contributed by atoms with Crippen molar-refractivity contribution in [2.24, 2.45) is 5.41 Å². The molecule has 1 fully saturated rings. The Morgan fingerprint density at radius 3 is 2.64 bits per heavy atom. The molecule has 66 valence electrons. The highest BCUT2D eigenvalue weighted by atomic mass is 127. The first kappa shape index (κ1) is 9.78. The predicted octanol–water partition coefficient (Wildman–Crippen LogP) is 3.24. The molecule has 2 heteroatoms. The summed E-state index contributed by atoms with van der Waals surface area (Å²) in [7, 11) is 0. The van der Waals surface area contributed by atoms with Crippen molar-refractivity contribution in [3.05, 3.63) is 0 Å². The summed E-state index contributed by atoms with van der Waals surface area (Å²) in [4.78, 5) is 0. The Balaban J connectivity index is 2.48. The number of piperidine rings is 1. The number of halogens is 1. The van der Waals surface area contributed by atoms with E-state index in [9.17, 15) is 0 Å². The van der Waals surface area contributed by atoms with E-state index in [0.717, 1.165) is 6.04 Å². The minimum atomic E-state index is 0.548. The summed E-state index contributed by atoms with van der Waals surface area (Å²) < 4.78 is 2.49. The smallest absolute Gasteiger partial charge is 0.0204 e. The van der Waals surface area contributed by atoms with E-state index in [2.05, 4.69) is 46.7 Å². The zero-order valence-corrected chi connectivity index (χ0v) is 9.89. The highest BCUT2D eigenvalue weighted by Gasteiger charge is 2.30. The zero-order chi connectivity index (χ0) is 8.48. The maximum Gasteiger partial charge on any atom is 0.0204 e. The van der Waals surface area contributed by atoms with Crippen molar-refractivity contribution in [2.45, 2.75) is 46.1 Å². The van der Waals surface area contributed by atoms with Gasteiger partial charge in [-0.1, -0.05) is 20.8 Å². The zero-order valence-electron chi connectivity index (χ0n) is 7.73. The Hall–Kier alpha value is 0.690. The summed E-state index contributed by atoms with van der Waals surface area (Å²) in [5.74, 6) is 0. The van der Waals surface area contributed by atoms with Gasteiger partial charge in [-0.25, -0.2) is 3.11 Å². The van der Waals surface area contributed by atoms with Gasteiger partial charge in [0.2, 0.25) is 0 Å². The van der Waals surface area contributed by atoms with Gasteiger partial charge in [-0.15, -0.1) is 0 Å². The Morgan fingerprint density at radius 1 is 1.55 bits per heavy atom. The lowest BCUT2D eigenvalue weighted by Gasteiger charge is -2.39. The molecular formula is C9H18IN. The molecule has 0 aromatic heterocycles. The predicted molar refractivity (Wildman–Crippen MR) is 57.8 cm³/mol. The van der Waals surface area contributed by atoms with E-state index >= 15 is 0 Å². The van der Waals surface area contributed by atoms with Crippen LogP contribution in [0.4, 0.5) is 0 Å². The fraction of sp³-hybridized carbons (Fsp3) is 1.00. The van der Waals surface area contributed by atoms with E-state index in [0.29, 0.717) is 5.41 Å². The van der Waals surface area contributed by atoms with Crippen LogP contribution in [0.25, 0.3) is 0 Å². The van der Waals surface area contributed by atoms with Crippen LogP contribution in [-0.4, -0.2) is 15.7 Å². The minimum absolute atomic E-state index is 0.548. The van der Waals surface area contributed by atoms with E-state index in [1.807, 2.05) is 0 Å². The van der Waals surface area contributed by atoms with E-state index in [1.165, 1.54) is 25.8 Å². The van der Waals surface area contributed by atoms with E-state index in [4.69, 9.17) is 0 Å². The van der Waals surface area contributed by atoms with Gasteiger partial charge < -0.3 is 0 Å². The Bertz CT molecular complexity index is 134. The van der Waals surface area contributed by atoms with Crippen LogP contribution in [0.3, 0.4) is 0 Å². The van der Waals surface area contributed by atoms with Crippen molar-refractivity contribution >= 4 is 22.9 Å². The maximum absolute atomic E-state index is 2.49. The first-order valence-corrected chi connectivity index (χ1v) is 5.44. The van der Waals surface area contributed by atoms with Gasteiger partial charge in [-0.3, -0.25) is 0 Å².